The number of hydrogen-bond acceptors (Lipinski definition) is 3. The molecule has 14 heavy (non-hydrogen) atoms. The molecule has 0 saturated carbocycles. The van der Waals surface area contributed by atoms with Crippen molar-refractivity contribution in [3.8, 4) is 0 Å². The maximum Gasteiger partial charge on any atom is 0.186 e. The topological polar surface area (TPSA) is 30.0 Å². The van der Waals surface area contributed by atoms with E-state index in [-0.39, 0.29) is 10.9 Å². The predicted molar refractivity (Wildman–Crippen MR) is 56.4 cm³/mol. The third-order valence-corrected chi connectivity index (χ3v) is 2.18. The van der Waals surface area contributed by atoms with Crippen LogP contribution in [0.25, 0.3) is 6.08 Å². The van der Waals surface area contributed by atoms with Gasteiger partial charge >= 0.3 is 0 Å². The summed E-state index contributed by atoms with van der Waals surface area (Å²) in [6.45, 7) is 1.51. The van der Waals surface area contributed by atoms with Crippen LogP contribution in [-0.4, -0.2) is 15.9 Å². The number of rotatable bonds is 3. The molecule has 0 saturated heterocycles. The molecule has 0 aliphatic carbocycles. The van der Waals surface area contributed by atoms with Crippen molar-refractivity contribution in [2.75, 3.05) is 5.75 Å². The van der Waals surface area contributed by atoms with Gasteiger partial charge in [0.1, 0.15) is 5.82 Å². The Labute approximate surface area is 86.2 Å². The zero-order valence-electron chi connectivity index (χ0n) is 7.74. The lowest BCUT2D eigenvalue weighted by atomic mass is 10.3. The number of hydrogen-bond donors (Lipinski definition) is 0. The Bertz CT molecular complexity index is 352. The molecule has 0 fully saturated rings. The van der Waals surface area contributed by atoms with Crippen LogP contribution in [0.2, 0.25) is 0 Å². The highest BCUT2D eigenvalue weighted by molar-refractivity contribution is 8.13. The van der Waals surface area contributed by atoms with E-state index in [0.29, 0.717) is 11.4 Å². The minimum absolute atomic E-state index is 0.0712. The molecule has 0 N–H and O–H groups in total. The fraction of sp³-hybridized carbons (Fsp3) is 0.200. The molecule has 0 aromatic carbocycles. The number of carbonyl (C=O) groups excluding carboxylic acids is 1. The summed E-state index contributed by atoms with van der Waals surface area (Å²) in [4.78, 5) is 14.5. The maximum atomic E-state index is 12.7. The van der Waals surface area contributed by atoms with E-state index in [1.54, 1.807) is 12.2 Å². The quantitative estimate of drug-likeness (QED) is 0.769. The highest BCUT2D eigenvalue weighted by atomic mass is 32.2. The van der Waals surface area contributed by atoms with Gasteiger partial charge in [-0.25, -0.2) is 4.39 Å². The van der Waals surface area contributed by atoms with E-state index in [1.165, 1.54) is 37.0 Å². The molecule has 0 amide bonds. The summed E-state index contributed by atoms with van der Waals surface area (Å²) < 4.78 is 12.7. The molecule has 1 heterocycles. The molecule has 74 valence electrons. The van der Waals surface area contributed by atoms with E-state index in [1.807, 2.05) is 0 Å². The molecule has 4 heteroatoms. The molecule has 0 aliphatic rings. The van der Waals surface area contributed by atoms with Gasteiger partial charge < -0.3 is 0 Å². The van der Waals surface area contributed by atoms with Crippen molar-refractivity contribution in [1.29, 1.82) is 0 Å². The third-order valence-electron chi connectivity index (χ3n) is 1.41. The Hall–Kier alpha value is -1.16. The van der Waals surface area contributed by atoms with Crippen LogP contribution < -0.4 is 0 Å². The van der Waals surface area contributed by atoms with Crippen molar-refractivity contribution in [2.24, 2.45) is 0 Å². The van der Waals surface area contributed by atoms with Crippen molar-refractivity contribution in [3.63, 3.8) is 0 Å². The molecule has 0 spiro atoms. The third kappa shape index (κ3) is 4.18. The lowest BCUT2D eigenvalue weighted by Crippen LogP contribution is -1.84. The molecule has 1 aromatic heterocycles. The first-order valence-electron chi connectivity index (χ1n) is 4.10. The number of pyridine rings is 1. The smallest absolute Gasteiger partial charge is 0.186 e. The standard InChI is InChI=1S/C10H10FNOS/c1-8(13)14-6-2-3-10-7-9(11)4-5-12-10/h2-5,7H,6H2,1H3. The van der Waals surface area contributed by atoms with Gasteiger partial charge in [0.05, 0.1) is 5.69 Å². The normalized spacial score (nSPS) is 10.7. The van der Waals surface area contributed by atoms with Gasteiger partial charge in [-0.05, 0) is 18.2 Å². The second-order valence-corrected chi connectivity index (χ2v) is 3.80. The summed E-state index contributed by atoms with van der Waals surface area (Å²) >= 11 is 1.21. The molecule has 0 aliphatic heterocycles. The van der Waals surface area contributed by atoms with Gasteiger partial charge in [0.2, 0.25) is 0 Å². The summed E-state index contributed by atoms with van der Waals surface area (Å²) in [6, 6.07) is 2.64. The highest BCUT2D eigenvalue weighted by Gasteiger charge is 1.92. The van der Waals surface area contributed by atoms with Gasteiger partial charge in [0.15, 0.2) is 5.12 Å². The first-order chi connectivity index (χ1) is 6.68. The number of halogens is 1. The molecular weight excluding hydrogens is 201 g/mol. The van der Waals surface area contributed by atoms with Crippen molar-refractivity contribution in [3.05, 3.63) is 35.9 Å². The number of aromatic nitrogens is 1. The van der Waals surface area contributed by atoms with Gasteiger partial charge in [-0.1, -0.05) is 17.8 Å². The van der Waals surface area contributed by atoms with Gasteiger partial charge in [0.25, 0.3) is 0 Å². The van der Waals surface area contributed by atoms with Gasteiger partial charge in [-0.2, -0.15) is 0 Å². The minimum Gasteiger partial charge on any atom is -0.288 e. The zero-order valence-corrected chi connectivity index (χ0v) is 8.55. The monoisotopic (exact) mass is 211 g/mol. The Morgan fingerprint density at radius 3 is 3.14 bits per heavy atom. The summed E-state index contributed by atoms with van der Waals surface area (Å²) in [6.07, 6.45) is 4.89. The fourth-order valence-corrected chi connectivity index (χ4v) is 1.27. The van der Waals surface area contributed by atoms with E-state index >= 15 is 0 Å². The van der Waals surface area contributed by atoms with Crippen LogP contribution in [0.4, 0.5) is 4.39 Å². The Kier molecular flexibility index (Phi) is 4.32. The molecule has 0 bridgehead atoms. The average Bonchev–Trinajstić information content (AvgIpc) is 2.12. The second-order valence-electron chi connectivity index (χ2n) is 2.60. The zero-order chi connectivity index (χ0) is 10.4. The van der Waals surface area contributed by atoms with Crippen molar-refractivity contribution in [2.45, 2.75) is 6.92 Å². The summed E-state index contributed by atoms with van der Waals surface area (Å²) in [5.74, 6) is 0.284. The first-order valence-corrected chi connectivity index (χ1v) is 5.08. The lowest BCUT2D eigenvalue weighted by Gasteiger charge is -1.92. The second kappa shape index (κ2) is 5.54. The van der Waals surface area contributed by atoms with E-state index in [0.717, 1.165) is 0 Å². The van der Waals surface area contributed by atoms with Crippen LogP contribution in [0, 0.1) is 5.82 Å². The number of carbonyl (C=O) groups is 1. The van der Waals surface area contributed by atoms with E-state index in [2.05, 4.69) is 4.98 Å². The van der Waals surface area contributed by atoms with Crippen LogP contribution in [0.1, 0.15) is 12.6 Å². The molecule has 1 aromatic rings. The molecule has 1 rings (SSSR count). The van der Waals surface area contributed by atoms with Crippen LogP contribution in [0.5, 0.6) is 0 Å². The van der Waals surface area contributed by atoms with Crippen molar-refractivity contribution < 1.29 is 9.18 Å². The Morgan fingerprint density at radius 2 is 2.50 bits per heavy atom. The van der Waals surface area contributed by atoms with Gasteiger partial charge in [-0.15, -0.1) is 0 Å². The number of nitrogens with zero attached hydrogens (tertiary/aromatic N) is 1. The largest absolute Gasteiger partial charge is 0.288 e. The van der Waals surface area contributed by atoms with E-state index in [4.69, 9.17) is 0 Å². The first kappa shape index (κ1) is 10.9. The predicted octanol–water partition coefficient (Wildman–Crippen LogP) is 2.51. The fourth-order valence-electron chi connectivity index (χ4n) is 0.847. The summed E-state index contributed by atoms with van der Waals surface area (Å²) in [5.41, 5.74) is 0.564. The maximum absolute atomic E-state index is 12.7. The van der Waals surface area contributed by atoms with Crippen LogP contribution >= 0.6 is 11.8 Å². The van der Waals surface area contributed by atoms with Crippen molar-refractivity contribution in [1.82, 2.24) is 4.98 Å². The molecule has 0 atom stereocenters. The van der Waals surface area contributed by atoms with E-state index in [9.17, 15) is 9.18 Å². The molecule has 0 radical (unpaired) electrons. The summed E-state index contributed by atoms with van der Waals surface area (Å²) in [5, 5.41) is 0.0712. The number of thioether (sulfide) groups is 1. The van der Waals surface area contributed by atoms with Gasteiger partial charge in [0, 0.05) is 18.9 Å². The van der Waals surface area contributed by atoms with Crippen molar-refractivity contribution >= 4 is 23.0 Å². The SMILES string of the molecule is CC(=O)SCC=Cc1cc(F)ccn1. The molecular formula is C10H10FNOS. The Balaban J connectivity index is 2.47. The van der Waals surface area contributed by atoms with Crippen LogP contribution in [0.3, 0.4) is 0 Å². The minimum atomic E-state index is -0.307. The molecule has 2 nitrogen and oxygen atoms in total. The lowest BCUT2D eigenvalue weighted by molar-refractivity contribution is -0.109. The van der Waals surface area contributed by atoms with Crippen LogP contribution in [-0.2, 0) is 4.79 Å². The highest BCUT2D eigenvalue weighted by Crippen LogP contribution is 2.05. The molecule has 0 unspecified atom stereocenters. The average molecular weight is 211 g/mol. The van der Waals surface area contributed by atoms with E-state index < -0.39 is 0 Å². The van der Waals surface area contributed by atoms with Gasteiger partial charge in [-0.3, -0.25) is 9.78 Å². The Morgan fingerprint density at radius 1 is 1.71 bits per heavy atom. The van der Waals surface area contributed by atoms with Crippen LogP contribution in [0.15, 0.2) is 24.4 Å². The summed E-state index contributed by atoms with van der Waals surface area (Å²) in [7, 11) is 0.